The van der Waals surface area contributed by atoms with Gasteiger partial charge in [-0.2, -0.15) is 0 Å². The number of fused-ring (bicyclic) bond motifs is 1. The number of benzene rings is 2. The van der Waals surface area contributed by atoms with Crippen molar-refractivity contribution in [1.29, 1.82) is 0 Å². The molecule has 2 heterocycles. The fourth-order valence-corrected chi connectivity index (χ4v) is 5.73. The van der Waals surface area contributed by atoms with Crippen LogP contribution in [0.4, 0.5) is 8.78 Å². The third-order valence-corrected chi connectivity index (χ3v) is 8.05. The molecule has 6 rings (SSSR count). The molecule has 0 bridgehead atoms. The minimum atomic E-state index is -0.695. The Morgan fingerprint density at radius 2 is 1.66 bits per heavy atom. The number of carbonyl (C=O) groups excluding carboxylic acids is 2. The molecule has 1 spiro atoms. The third-order valence-electron chi connectivity index (χ3n) is 8.05. The molecule has 178 valence electrons. The lowest BCUT2D eigenvalue weighted by Gasteiger charge is -2.27. The molecule has 3 aliphatic rings. The van der Waals surface area contributed by atoms with Crippen molar-refractivity contribution in [3.05, 3.63) is 88.1 Å². The molecule has 2 aromatic carbocycles. The normalized spacial score (nSPS) is 18.4. The molecule has 0 atom stereocenters. The number of nitrogens with one attached hydrogen (secondary N) is 1. The Hall–Kier alpha value is -3.41. The second kappa shape index (κ2) is 8.36. The van der Waals surface area contributed by atoms with Crippen molar-refractivity contribution in [1.82, 2.24) is 10.3 Å². The van der Waals surface area contributed by atoms with Gasteiger partial charge in [0.15, 0.2) is 5.78 Å². The lowest BCUT2D eigenvalue weighted by atomic mass is 9.77. The first kappa shape index (κ1) is 22.1. The van der Waals surface area contributed by atoms with Gasteiger partial charge in [0.25, 0.3) is 5.91 Å². The summed E-state index contributed by atoms with van der Waals surface area (Å²) in [6.45, 7) is 0.223. The molecule has 0 saturated heterocycles. The van der Waals surface area contributed by atoms with Crippen LogP contribution in [0.1, 0.15) is 76.1 Å². The number of ketones is 1. The summed E-state index contributed by atoms with van der Waals surface area (Å²) >= 11 is 0. The molecule has 1 aromatic heterocycles. The molecule has 2 saturated carbocycles. The highest BCUT2D eigenvalue weighted by molar-refractivity contribution is 6.00. The number of hydrogen-bond acceptors (Lipinski definition) is 3. The molecule has 4 nitrogen and oxygen atoms in total. The van der Waals surface area contributed by atoms with Crippen LogP contribution < -0.4 is 5.32 Å². The number of nitrogens with zero attached hydrogens (tertiary/aromatic N) is 1. The smallest absolute Gasteiger partial charge is 0.253 e. The first-order valence-electron chi connectivity index (χ1n) is 12.3. The van der Waals surface area contributed by atoms with Crippen LogP contribution in [0.3, 0.4) is 0 Å². The van der Waals surface area contributed by atoms with Gasteiger partial charge in [0.2, 0.25) is 0 Å². The predicted molar refractivity (Wildman–Crippen MR) is 128 cm³/mol. The molecular formula is C29H26F2N2O2. The first-order chi connectivity index (χ1) is 16.9. The molecule has 1 aliphatic heterocycles. The zero-order valence-electron chi connectivity index (χ0n) is 19.4. The molecule has 3 aromatic rings. The zero-order chi connectivity index (χ0) is 24.2. The topological polar surface area (TPSA) is 59.1 Å². The quantitative estimate of drug-likeness (QED) is 0.463. The van der Waals surface area contributed by atoms with Crippen LogP contribution in [0.15, 0.2) is 48.5 Å². The number of pyridine rings is 1. The molecule has 6 heteroatoms. The number of amides is 1. The van der Waals surface area contributed by atoms with Gasteiger partial charge in [-0.15, -0.1) is 0 Å². The molecule has 1 amide bonds. The summed E-state index contributed by atoms with van der Waals surface area (Å²) in [5, 5.41) is 2.76. The van der Waals surface area contributed by atoms with Gasteiger partial charge in [-0.05, 0) is 79.7 Å². The summed E-state index contributed by atoms with van der Waals surface area (Å²) in [4.78, 5) is 29.9. The average molecular weight is 473 g/mol. The zero-order valence-corrected chi connectivity index (χ0v) is 19.4. The van der Waals surface area contributed by atoms with Crippen LogP contribution in [0, 0.1) is 23.0 Å². The Morgan fingerprint density at radius 1 is 0.971 bits per heavy atom. The van der Waals surface area contributed by atoms with E-state index in [1.54, 1.807) is 6.07 Å². The lowest BCUT2D eigenvalue weighted by Crippen LogP contribution is -2.22. The van der Waals surface area contributed by atoms with Gasteiger partial charge in [-0.25, -0.2) is 13.8 Å². The van der Waals surface area contributed by atoms with Gasteiger partial charge < -0.3 is 5.32 Å². The van der Waals surface area contributed by atoms with Crippen molar-refractivity contribution in [3.63, 3.8) is 0 Å². The van der Waals surface area contributed by atoms with Crippen molar-refractivity contribution in [2.75, 3.05) is 0 Å². The summed E-state index contributed by atoms with van der Waals surface area (Å²) in [5.74, 6) is -1.30. The Kier molecular flexibility index (Phi) is 5.28. The van der Waals surface area contributed by atoms with E-state index in [2.05, 4.69) is 10.3 Å². The van der Waals surface area contributed by atoms with Crippen LogP contribution in [0.2, 0.25) is 0 Å². The number of aromatic nitrogens is 1. The van der Waals surface area contributed by atoms with Gasteiger partial charge in [0, 0.05) is 11.5 Å². The monoisotopic (exact) mass is 472 g/mol. The highest BCUT2D eigenvalue weighted by Gasteiger charge is 2.45. The molecule has 0 radical (unpaired) electrons. The summed E-state index contributed by atoms with van der Waals surface area (Å²) in [5.41, 5.74) is 3.77. The van der Waals surface area contributed by atoms with Crippen molar-refractivity contribution in [3.8, 4) is 11.3 Å². The van der Waals surface area contributed by atoms with Gasteiger partial charge in [-0.1, -0.05) is 30.3 Å². The van der Waals surface area contributed by atoms with Crippen molar-refractivity contribution in [2.45, 2.75) is 51.5 Å². The van der Waals surface area contributed by atoms with E-state index in [1.165, 1.54) is 43.9 Å². The fourth-order valence-electron chi connectivity index (χ4n) is 5.73. The highest BCUT2D eigenvalue weighted by Crippen LogP contribution is 2.57. The van der Waals surface area contributed by atoms with E-state index < -0.39 is 11.6 Å². The number of rotatable bonds is 5. The maximum absolute atomic E-state index is 14.4. The third kappa shape index (κ3) is 4.05. The van der Waals surface area contributed by atoms with Crippen molar-refractivity contribution < 1.29 is 18.4 Å². The number of carbonyl (C=O) groups is 2. The van der Waals surface area contributed by atoms with Crippen LogP contribution in [-0.4, -0.2) is 16.7 Å². The first-order valence-corrected chi connectivity index (χ1v) is 12.3. The Morgan fingerprint density at radius 3 is 2.31 bits per heavy atom. The minimum absolute atomic E-state index is 0.109. The Balaban J connectivity index is 1.26. The van der Waals surface area contributed by atoms with E-state index in [0.29, 0.717) is 28.7 Å². The number of hydrogen-bond donors (Lipinski definition) is 1. The second-order valence-electron chi connectivity index (χ2n) is 10.3. The molecule has 1 N–H and O–H groups in total. The summed E-state index contributed by atoms with van der Waals surface area (Å²) < 4.78 is 28.9. The molecule has 35 heavy (non-hydrogen) atoms. The summed E-state index contributed by atoms with van der Waals surface area (Å²) in [6, 6.07) is 12.8. The fraction of sp³-hybridized carbons (Fsp3) is 0.345. The van der Waals surface area contributed by atoms with Crippen LogP contribution >= 0.6 is 0 Å². The van der Waals surface area contributed by atoms with Gasteiger partial charge in [0.05, 0.1) is 29.1 Å². The van der Waals surface area contributed by atoms with Gasteiger partial charge in [-0.3, -0.25) is 9.59 Å². The van der Waals surface area contributed by atoms with E-state index in [9.17, 15) is 18.4 Å². The molecular weight excluding hydrogens is 446 g/mol. The maximum atomic E-state index is 14.4. The van der Waals surface area contributed by atoms with Crippen LogP contribution in [-0.2, 0) is 13.0 Å². The second-order valence-corrected chi connectivity index (χ2v) is 10.3. The van der Waals surface area contributed by atoms with Crippen LogP contribution in [0.25, 0.3) is 11.3 Å². The van der Waals surface area contributed by atoms with Gasteiger partial charge >= 0.3 is 0 Å². The van der Waals surface area contributed by atoms with Crippen molar-refractivity contribution >= 4 is 11.7 Å². The van der Waals surface area contributed by atoms with E-state index in [4.69, 9.17) is 0 Å². The van der Waals surface area contributed by atoms with E-state index >= 15 is 0 Å². The van der Waals surface area contributed by atoms with Crippen LogP contribution in [0.5, 0.6) is 0 Å². The Bertz CT molecular complexity index is 1320. The molecule has 2 fully saturated rings. The molecule has 0 unspecified atom stereocenters. The highest BCUT2D eigenvalue weighted by atomic mass is 19.1. The summed E-state index contributed by atoms with van der Waals surface area (Å²) in [7, 11) is 0. The molecule has 2 aliphatic carbocycles. The lowest BCUT2D eigenvalue weighted by molar-refractivity contribution is 0.0865. The number of Topliss-reactive ketones (excluding diaryl/α,β-unsaturated/α-hetero) is 1. The SMILES string of the molecule is O=C1NCc2nc(-c3c(F)cccc3F)cc(Cc3ccc(C(=O)C4CCC5(CC4)CC5)cc3)c21. The average Bonchev–Trinajstić information content (AvgIpc) is 3.50. The van der Waals surface area contributed by atoms with Gasteiger partial charge in [0.1, 0.15) is 11.6 Å². The standard InChI is InChI=1S/C29H26F2N2O2/c30-21-2-1-3-22(31)26(21)23-15-20(25-24(33-23)16-32-28(25)35)14-17-4-6-18(7-5-17)27(34)19-8-10-29(11-9-19)12-13-29/h1-7,15,19H,8-14,16H2,(H,32,35). The Labute approximate surface area is 202 Å². The largest absolute Gasteiger partial charge is 0.346 e. The number of halogens is 2. The van der Waals surface area contributed by atoms with E-state index in [-0.39, 0.29) is 35.4 Å². The predicted octanol–water partition coefficient (Wildman–Crippen LogP) is 6.01. The van der Waals surface area contributed by atoms with E-state index in [1.807, 2.05) is 24.3 Å². The minimum Gasteiger partial charge on any atom is -0.346 e. The van der Waals surface area contributed by atoms with E-state index in [0.717, 1.165) is 24.0 Å². The maximum Gasteiger partial charge on any atom is 0.253 e. The summed E-state index contributed by atoms with van der Waals surface area (Å²) in [6.07, 6.45) is 7.34. The van der Waals surface area contributed by atoms with Crippen molar-refractivity contribution in [2.24, 2.45) is 11.3 Å².